The molecule has 0 radical (unpaired) electrons. The topological polar surface area (TPSA) is 139 Å². The summed E-state index contributed by atoms with van der Waals surface area (Å²) in [5.74, 6) is -0.633. The van der Waals surface area contributed by atoms with Gasteiger partial charge in [-0.05, 0) is 87.5 Å². The van der Waals surface area contributed by atoms with Crippen molar-refractivity contribution in [3.05, 3.63) is 11.6 Å². The Labute approximate surface area is 237 Å². The van der Waals surface area contributed by atoms with Crippen LogP contribution in [0.2, 0.25) is 0 Å². The second kappa shape index (κ2) is 12.0. The highest BCUT2D eigenvalue weighted by atomic mass is 16.5. The third kappa shape index (κ3) is 5.98. The van der Waals surface area contributed by atoms with Crippen molar-refractivity contribution in [1.82, 2.24) is 10.6 Å². The van der Waals surface area contributed by atoms with E-state index in [2.05, 4.69) is 24.5 Å². The first-order chi connectivity index (χ1) is 18.9. The number of carbonyl (C=O) groups excluding carboxylic acids is 4. The molecule has 222 valence electrons. The van der Waals surface area contributed by atoms with Crippen LogP contribution in [0.25, 0.3) is 0 Å². The number of ketones is 1. The highest BCUT2D eigenvalue weighted by Crippen LogP contribution is 2.65. The summed E-state index contributed by atoms with van der Waals surface area (Å²) in [5, 5.41) is 14.2. The molecule has 0 unspecified atom stereocenters. The van der Waals surface area contributed by atoms with Gasteiger partial charge in [0, 0.05) is 18.3 Å². The molecule has 0 aromatic heterocycles. The zero-order valence-electron chi connectivity index (χ0n) is 24.4. The maximum atomic E-state index is 12.8. The number of esters is 1. The molecule has 9 heteroatoms. The maximum Gasteiger partial charge on any atom is 0.326 e. The minimum absolute atomic E-state index is 0.0721. The smallest absolute Gasteiger partial charge is 0.326 e. The predicted molar refractivity (Wildman–Crippen MR) is 148 cm³/mol. The molecule has 4 aliphatic rings. The number of hydrogen-bond donors (Lipinski definition) is 3. The van der Waals surface area contributed by atoms with Crippen LogP contribution in [0, 0.1) is 28.6 Å². The number of allylic oxidation sites excluding steroid dienone is 1. The second-order valence-corrected chi connectivity index (χ2v) is 13.0. The van der Waals surface area contributed by atoms with Crippen molar-refractivity contribution in [2.75, 3.05) is 0 Å². The number of fused-ring (bicyclic) bond motifs is 5. The molecule has 0 spiro atoms. The summed E-state index contributed by atoms with van der Waals surface area (Å²) in [6, 6.07) is -1.91. The molecular formula is C31H46N2O7. The highest BCUT2D eigenvalue weighted by molar-refractivity contribution is 5.92. The Bertz CT molecular complexity index is 1070. The van der Waals surface area contributed by atoms with Gasteiger partial charge >= 0.3 is 11.9 Å². The monoisotopic (exact) mass is 558 g/mol. The molecule has 40 heavy (non-hydrogen) atoms. The third-order valence-electron chi connectivity index (χ3n) is 10.7. The van der Waals surface area contributed by atoms with E-state index in [1.165, 1.54) is 12.5 Å². The van der Waals surface area contributed by atoms with Gasteiger partial charge in [0.15, 0.2) is 5.78 Å². The van der Waals surface area contributed by atoms with Gasteiger partial charge in [0.1, 0.15) is 18.2 Å². The van der Waals surface area contributed by atoms with E-state index in [0.29, 0.717) is 37.0 Å². The van der Waals surface area contributed by atoms with Crippen LogP contribution < -0.4 is 10.6 Å². The van der Waals surface area contributed by atoms with Crippen molar-refractivity contribution in [1.29, 1.82) is 0 Å². The lowest BCUT2D eigenvalue weighted by Gasteiger charge is -2.57. The van der Waals surface area contributed by atoms with Crippen LogP contribution in [0.5, 0.6) is 0 Å². The van der Waals surface area contributed by atoms with Crippen LogP contribution in [0.1, 0.15) is 105 Å². The molecule has 0 heterocycles. The van der Waals surface area contributed by atoms with Gasteiger partial charge in [-0.15, -0.1) is 0 Å². The first-order valence-electron chi connectivity index (χ1n) is 15.1. The number of aliphatic carboxylic acids is 1. The van der Waals surface area contributed by atoms with Crippen LogP contribution >= 0.6 is 0 Å². The van der Waals surface area contributed by atoms with E-state index in [-0.39, 0.29) is 35.6 Å². The molecule has 4 rings (SSSR count). The van der Waals surface area contributed by atoms with Crippen LogP contribution in [0.3, 0.4) is 0 Å². The molecule has 2 amide bonds. The van der Waals surface area contributed by atoms with Crippen LogP contribution in [-0.2, 0) is 28.7 Å². The number of nitrogens with one attached hydrogen (secondary N) is 2. The van der Waals surface area contributed by atoms with Gasteiger partial charge in [0.25, 0.3) is 0 Å². The van der Waals surface area contributed by atoms with Crippen molar-refractivity contribution in [3.63, 3.8) is 0 Å². The Morgan fingerprint density at radius 3 is 2.48 bits per heavy atom. The highest BCUT2D eigenvalue weighted by Gasteiger charge is 2.60. The summed E-state index contributed by atoms with van der Waals surface area (Å²) >= 11 is 0. The molecule has 9 nitrogen and oxygen atoms in total. The largest absolute Gasteiger partial charge is 0.480 e. The van der Waals surface area contributed by atoms with Gasteiger partial charge in [-0.3, -0.25) is 19.2 Å². The van der Waals surface area contributed by atoms with Crippen molar-refractivity contribution >= 4 is 29.5 Å². The minimum Gasteiger partial charge on any atom is -0.480 e. The Morgan fingerprint density at radius 1 is 1.02 bits per heavy atom. The van der Waals surface area contributed by atoms with E-state index in [9.17, 15) is 29.1 Å². The second-order valence-electron chi connectivity index (χ2n) is 13.0. The van der Waals surface area contributed by atoms with Gasteiger partial charge in [0.2, 0.25) is 11.8 Å². The Morgan fingerprint density at radius 2 is 1.77 bits per heavy atom. The fourth-order valence-corrected chi connectivity index (χ4v) is 8.36. The molecule has 0 aromatic carbocycles. The summed E-state index contributed by atoms with van der Waals surface area (Å²) in [6.45, 7) is 7.95. The van der Waals surface area contributed by atoms with Gasteiger partial charge < -0.3 is 20.5 Å². The average Bonchev–Trinajstić information content (AvgIpc) is 3.23. The maximum absolute atomic E-state index is 12.8. The molecule has 3 fully saturated rings. The number of amides is 2. The molecule has 3 saturated carbocycles. The Hall–Kier alpha value is -2.71. The van der Waals surface area contributed by atoms with Crippen LogP contribution in [0.4, 0.5) is 0 Å². The lowest BCUT2D eigenvalue weighted by molar-refractivity contribution is -0.160. The zero-order valence-corrected chi connectivity index (χ0v) is 24.4. The zero-order chi connectivity index (χ0) is 29.2. The first-order valence-corrected chi connectivity index (χ1v) is 15.1. The van der Waals surface area contributed by atoms with E-state index in [1.54, 1.807) is 0 Å². The van der Waals surface area contributed by atoms with E-state index < -0.39 is 35.8 Å². The van der Waals surface area contributed by atoms with E-state index in [1.807, 2.05) is 13.0 Å². The minimum atomic E-state index is -1.11. The average molecular weight is 559 g/mol. The SMILES string of the molecule is CCC[C@H](NC(=O)[C@H](C)NC(=O)CCC(=O)O[C@@H]1CC[C@@H]2[C@H]3CCC4=CC(=O)CC[C@]4(C)[C@H]3CC[C@@]21C)C(=O)O. The predicted octanol–water partition coefficient (Wildman–Crippen LogP) is 4.08. The molecule has 0 bridgehead atoms. The molecule has 3 N–H and O–H groups in total. The van der Waals surface area contributed by atoms with Crippen molar-refractivity contribution in [3.8, 4) is 0 Å². The number of carboxylic acid groups (broad SMARTS) is 1. The van der Waals surface area contributed by atoms with Gasteiger partial charge in [-0.25, -0.2) is 4.79 Å². The number of hydrogen-bond acceptors (Lipinski definition) is 6. The summed E-state index contributed by atoms with van der Waals surface area (Å²) in [6.07, 6.45) is 10.1. The number of ether oxygens (including phenoxy) is 1. The van der Waals surface area contributed by atoms with E-state index >= 15 is 0 Å². The normalized spacial score (nSPS) is 34.3. The molecule has 8 atom stereocenters. The van der Waals surface area contributed by atoms with E-state index in [4.69, 9.17) is 4.74 Å². The molecule has 0 aromatic rings. The molecule has 4 aliphatic carbocycles. The van der Waals surface area contributed by atoms with E-state index in [0.717, 1.165) is 44.9 Å². The fourth-order valence-electron chi connectivity index (χ4n) is 8.36. The van der Waals surface area contributed by atoms with Crippen LogP contribution in [0.15, 0.2) is 11.6 Å². The van der Waals surface area contributed by atoms with Crippen molar-refractivity contribution in [2.45, 2.75) is 123 Å². The Balaban J connectivity index is 1.27. The molecular weight excluding hydrogens is 512 g/mol. The summed E-state index contributed by atoms with van der Waals surface area (Å²) in [5.41, 5.74) is 1.38. The van der Waals surface area contributed by atoms with Crippen LogP contribution in [-0.4, -0.2) is 52.8 Å². The quantitative estimate of drug-likeness (QED) is 0.343. The lowest BCUT2D eigenvalue weighted by Crippen LogP contribution is -2.51. The van der Waals surface area contributed by atoms with Crippen molar-refractivity contribution < 1.29 is 33.8 Å². The van der Waals surface area contributed by atoms with Gasteiger partial charge in [0.05, 0.1) is 6.42 Å². The van der Waals surface area contributed by atoms with Gasteiger partial charge in [-0.2, -0.15) is 0 Å². The summed E-state index contributed by atoms with van der Waals surface area (Å²) < 4.78 is 6.00. The third-order valence-corrected chi connectivity index (χ3v) is 10.7. The number of rotatable bonds is 10. The standard InChI is InChI=1S/C31H46N2O7/c1-5-6-24(29(38)39)33-28(37)18(2)32-26(35)11-12-27(36)40-25-10-9-22-21-8-7-19-17-20(34)13-15-30(19,3)23(21)14-16-31(22,25)4/h17-18,21-25H,5-16H2,1-4H3,(H,32,35)(H,33,37)(H,38,39)/t18-,21+,22+,23-,24-,25+,30-,31-/m0/s1. The number of carbonyl (C=O) groups is 5. The summed E-state index contributed by atoms with van der Waals surface area (Å²) in [4.78, 5) is 60.9. The van der Waals surface area contributed by atoms with Gasteiger partial charge in [-0.1, -0.05) is 32.8 Å². The molecule has 0 saturated heterocycles. The Kier molecular flexibility index (Phi) is 9.10. The molecule has 0 aliphatic heterocycles. The first kappa shape index (κ1) is 30.3. The number of carboxylic acids is 1. The summed E-state index contributed by atoms with van der Waals surface area (Å²) in [7, 11) is 0. The lowest BCUT2D eigenvalue weighted by atomic mass is 9.47. The van der Waals surface area contributed by atoms with Crippen molar-refractivity contribution in [2.24, 2.45) is 28.6 Å². The fraction of sp³-hybridized carbons (Fsp3) is 0.774.